The molecule has 0 heterocycles. The highest BCUT2D eigenvalue weighted by Crippen LogP contribution is 2.00. The lowest BCUT2D eigenvalue weighted by Crippen LogP contribution is -1.89. The molecule has 0 fully saturated rings. The average Bonchev–Trinajstić information content (AvgIpc) is 1.63. The zero-order valence-electron chi connectivity index (χ0n) is 4.93. The molecule has 0 rings (SSSR count). The summed E-state index contributed by atoms with van der Waals surface area (Å²) < 4.78 is 31.6. The third kappa shape index (κ3) is 86.9. The molecule has 0 aromatic rings. The molecule has 0 bridgehead atoms. The maximum Gasteiger partial charge on any atom is 0.394 e. The van der Waals surface area contributed by atoms with Crippen LogP contribution in [-0.2, 0) is 10.4 Å². The molecule has 0 spiro atoms. The molecule has 4 N–H and O–H groups in total. The third-order valence-corrected chi connectivity index (χ3v) is 0.671. The van der Waals surface area contributed by atoms with Crippen LogP contribution in [0.4, 0.5) is 0 Å². The van der Waals surface area contributed by atoms with Crippen LogP contribution in [0.1, 0.15) is 0 Å². The van der Waals surface area contributed by atoms with Crippen LogP contribution >= 0.6 is 8.58 Å². The summed E-state index contributed by atoms with van der Waals surface area (Å²) in [7, 11) is -4.36. The molecule has 0 atom stereocenters. The van der Waals surface area contributed by atoms with Crippen molar-refractivity contribution in [1.82, 2.24) is 0 Å². The Morgan fingerprint density at radius 3 is 1.30 bits per heavy atom. The van der Waals surface area contributed by atoms with Gasteiger partial charge in [-0.2, -0.15) is 8.42 Å². The third-order valence-electron chi connectivity index (χ3n) is 0.224. The average molecular weight is 192 g/mol. The minimum atomic E-state index is -4.67. The van der Waals surface area contributed by atoms with Gasteiger partial charge in [0.25, 0.3) is 0 Å². The lowest BCUT2D eigenvalue weighted by Gasteiger charge is -1.80. The van der Waals surface area contributed by atoms with Crippen molar-refractivity contribution in [3.63, 3.8) is 0 Å². The summed E-state index contributed by atoms with van der Waals surface area (Å²) in [5, 5.41) is 15.8. The Bertz CT molecular complexity index is 130. The number of hydrogen-bond donors (Lipinski definition) is 4. The first-order valence-corrected chi connectivity index (χ1v) is 4.85. The Labute approximate surface area is 60.2 Å². The van der Waals surface area contributed by atoms with Crippen LogP contribution < -0.4 is 0 Å². The topological polar surface area (TPSA) is 115 Å². The van der Waals surface area contributed by atoms with Crippen molar-refractivity contribution < 1.29 is 27.7 Å². The lowest BCUT2D eigenvalue weighted by atomic mass is 11.7. The molecule has 0 unspecified atom stereocenters. The molecular formula is C2H9O6PS. The van der Waals surface area contributed by atoms with E-state index in [1.807, 2.05) is 0 Å². The van der Waals surface area contributed by atoms with E-state index in [2.05, 4.69) is 0 Å². The molecule has 0 saturated carbocycles. The van der Waals surface area contributed by atoms with Crippen LogP contribution in [-0.4, -0.2) is 40.4 Å². The van der Waals surface area contributed by atoms with Gasteiger partial charge in [0.2, 0.25) is 0 Å². The Kier molecular flexibility index (Phi) is 9.42. The van der Waals surface area contributed by atoms with Gasteiger partial charge in [-0.3, -0.25) is 9.11 Å². The van der Waals surface area contributed by atoms with Crippen molar-refractivity contribution in [2.45, 2.75) is 0 Å². The van der Waals surface area contributed by atoms with Gasteiger partial charge in [0.1, 0.15) is 0 Å². The molecule has 0 amide bonds. The second-order valence-electron chi connectivity index (χ2n) is 1.01. The van der Waals surface area contributed by atoms with Crippen LogP contribution in [0, 0.1) is 0 Å². The molecule has 8 heteroatoms. The van der Waals surface area contributed by atoms with Gasteiger partial charge in [-0.1, -0.05) is 8.58 Å². The number of aliphatic hydroxyl groups is 2. The van der Waals surface area contributed by atoms with E-state index in [4.69, 9.17) is 27.7 Å². The maximum atomic E-state index is 8.74. The molecule has 10 heavy (non-hydrogen) atoms. The number of rotatable bonds is 2. The smallest absolute Gasteiger partial charge is 0.392 e. The quantitative estimate of drug-likeness (QED) is 0.326. The zero-order chi connectivity index (χ0) is 8.62. The van der Waals surface area contributed by atoms with Gasteiger partial charge < -0.3 is 10.2 Å². The van der Waals surface area contributed by atoms with Gasteiger partial charge in [-0.15, -0.1) is 0 Å². The first-order chi connectivity index (χ1) is 4.41. The van der Waals surface area contributed by atoms with Crippen molar-refractivity contribution in [1.29, 1.82) is 0 Å². The van der Waals surface area contributed by atoms with Crippen LogP contribution in [0.25, 0.3) is 0 Å². The van der Waals surface area contributed by atoms with Crippen molar-refractivity contribution in [3.8, 4) is 0 Å². The summed E-state index contributed by atoms with van der Waals surface area (Å²) in [5.41, 5.74) is 0. The lowest BCUT2D eigenvalue weighted by molar-refractivity contribution is 0.348. The molecular weight excluding hydrogens is 183 g/mol. The van der Waals surface area contributed by atoms with E-state index in [-0.39, 0.29) is 12.7 Å². The fraction of sp³-hybridized carbons (Fsp3) is 1.00. The Hall–Kier alpha value is 0.220. The van der Waals surface area contributed by atoms with Crippen molar-refractivity contribution in [3.05, 3.63) is 0 Å². The second kappa shape index (κ2) is 7.33. The molecule has 6 nitrogen and oxygen atoms in total. The highest BCUT2D eigenvalue weighted by atomic mass is 32.3. The molecule has 0 aromatic carbocycles. The first kappa shape index (κ1) is 12.9. The SMILES string of the molecule is O=S(=O)(O)O.OCPCO. The molecule has 0 radical (unpaired) electrons. The van der Waals surface area contributed by atoms with Gasteiger partial charge in [-0.05, 0) is 0 Å². The number of aliphatic hydroxyl groups excluding tert-OH is 2. The molecule has 0 aliphatic carbocycles. The van der Waals surface area contributed by atoms with Crippen LogP contribution in [0.5, 0.6) is 0 Å². The first-order valence-electron chi connectivity index (χ1n) is 2.04. The summed E-state index contributed by atoms with van der Waals surface area (Å²) in [6, 6.07) is 0. The van der Waals surface area contributed by atoms with Crippen molar-refractivity contribution in [2.75, 3.05) is 12.7 Å². The van der Waals surface area contributed by atoms with E-state index in [0.29, 0.717) is 8.58 Å². The summed E-state index contributed by atoms with van der Waals surface area (Å²) in [6.07, 6.45) is 0.243. The van der Waals surface area contributed by atoms with E-state index in [1.165, 1.54) is 0 Å². The minimum absolute atomic E-state index is 0.122. The highest BCUT2D eigenvalue weighted by Gasteiger charge is 1.84. The normalized spacial score (nSPS) is 10.0. The largest absolute Gasteiger partial charge is 0.394 e. The number of hydrogen-bond acceptors (Lipinski definition) is 4. The summed E-state index contributed by atoms with van der Waals surface area (Å²) in [5.74, 6) is 0. The van der Waals surface area contributed by atoms with Gasteiger partial charge in [-0.25, -0.2) is 0 Å². The minimum Gasteiger partial charge on any atom is -0.392 e. The molecule has 64 valence electrons. The predicted octanol–water partition coefficient (Wildman–Crippen LogP) is -1.09. The molecule has 0 aliphatic rings. The summed E-state index contributed by atoms with van der Waals surface area (Å²) in [4.78, 5) is 0. The van der Waals surface area contributed by atoms with Gasteiger partial charge in [0.15, 0.2) is 0 Å². The van der Waals surface area contributed by atoms with Crippen LogP contribution in [0.2, 0.25) is 0 Å². The van der Waals surface area contributed by atoms with E-state index < -0.39 is 10.4 Å². The maximum absolute atomic E-state index is 8.74. The van der Waals surface area contributed by atoms with Crippen LogP contribution in [0.3, 0.4) is 0 Å². The van der Waals surface area contributed by atoms with E-state index in [1.54, 1.807) is 0 Å². The Balaban J connectivity index is 0. The van der Waals surface area contributed by atoms with E-state index >= 15 is 0 Å². The zero-order valence-corrected chi connectivity index (χ0v) is 6.74. The summed E-state index contributed by atoms with van der Waals surface area (Å²) in [6.45, 7) is 0. The van der Waals surface area contributed by atoms with E-state index in [9.17, 15) is 0 Å². The Morgan fingerprint density at radius 2 is 1.30 bits per heavy atom. The van der Waals surface area contributed by atoms with Crippen molar-refractivity contribution >= 4 is 19.0 Å². The van der Waals surface area contributed by atoms with E-state index in [0.717, 1.165) is 0 Å². The highest BCUT2D eigenvalue weighted by molar-refractivity contribution is 7.79. The van der Waals surface area contributed by atoms with Gasteiger partial charge >= 0.3 is 10.4 Å². The standard InChI is InChI=1S/C2H7O2P.H2O4S/c3-1-5-2-4;1-5(2,3)4/h3-5H,1-2H2;(H2,1,2,3,4). The predicted molar refractivity (Wildman–Crippen MR) is 36.7 cm³/mol. The molecule has 0 aliphatic heterocycles. The molecule has 0 aromatic heterocycles. The summed E-state index contributed by atoms with van der Waals surface area (Å²) >= 11 is 0. The monoisotopic (exact) mass is 192 g/mol. The fourth-order valence-corrected chi connectivity index (χ4v) is 0.150. The Morgan fingerprint density at radius 1 is 1.10 bits per heavy atom. The second-order valence-corrected chi connectivity index (χ2v) is 3.04. The van der Waals surface area contributed by atoms with Crippen LogP contribution in [0.15, 0.2) is 0 Å². The fourth-order valence-electron chi connectivity index (χ4n) is 0.0500. The van der Waals surface area contributed by atoms with Gasteiger partial charge in [0, 0.05) is 0 Å². The van der Waals surface area contributed by atoms with Crippen molar-refractivity contribution in [2.24, 2.45) is 0 Å². The van der Waals surface area contributed by atoms with Gasteiger partial charge in [0.05, 0.1) is 12.7 Å². The molecule has 0 saturated heterocycles.